The maximum atomic E-state index is 13.9. The maximum Gasteiger partial charge on any atom is 0.325 e. The molecule has 1 aromatic carbocycles. The Bertz CT molecular complexity index is 830. The average Bonchev–Trinajstić information content (AvgIpc) is 2.79. The Balaban J connectivity index is 1.68. The lowest BCUT2D eigenvalue weighted by Crippen LogP contribution is -2.48. The number of nitrogens with one attached hydrogen (secondary N) is 1. The number of nitrogens with zero attached hydrogens (tertiary/aromatic N) is 2. The van der Waals surface area contributed by atoms with Crippen LogP contribution in [0.25, 0.3) is 10.9 Å². The Kier molecular flexibility index (Phi) is 3.48. The van der Waals surface area contributed by atoms with Crippen LogP contribution in [0.4, 0.5) is 9.18 Å². The lowest BCUT2D eigenvalue weighted by Gasteiger charge is -2.30. The number of aromatic nitrogens is 1. The summed E-state index contributed by atoms with van der Waals surface area (Å²) in [7, 11) is 0. The smallest absolute Gasteiger partial charge is 0.323 e. The third-order valence-corrected chi connectivity index (χ3v) is 5.03. The minimum absolute atomic E-state index is 0.0394. The molecule has 3 amide bonds. The summed E-state index contributed by atoms with van der Waals surface area (Å²) < 4.78 is 13.9. The van der Waals surface area contributed by atoms with E-state index in [2.05, 4.69) is 10.3 Å². The van der Waals surface area contributed by atoms with Gasteiger partial charge in [-0.2, -0.15) is 0 Å². The van der Waals surface area contributed by atoms with Crippen LogP contribution in [0.3, 0.4) is 0 Å². The van der Waals surface area contributed by atoms with Gasteiger partial charge in [0.2, 0.25) is 0 Å². The van der Waals surface area contributed by atoms with E-state index in [0.717, 1.165) is 19.3 Å². The first-order valence-electron chi connectivity index (χ1n) is 8.26. The number of urea groups is 1. The van der Waals surface area contributed by atoms with Crippen molar-refractivity contribution in [2.45, 2.75) is 44.2 Å². The first kappa shape index (κ1) is 15.1. The molecule has 1 aliphatic heterocycles. The normalized spacial score (nSPS) is 20.0. The van der Waals surface area contributed by atoms with Gasteiger partial charge in [0.25, 0.3) is 5.91 Å². The molecule has 1 saturated heterocycles. The second kappa shape index (κ2) is 5.54. The first-order chi connectivity index (χ1) is 11.6. The van der Waals surface area contributed by atoms with E-state index in [1.165, 1.54) is 17.0 Å². The van der Waals surface area contributed by atoms with E-state index in [4.69, 9.17) is 0 Å². The molecule has 2 aliphatic rings. The molecule has 2 aromatic rings. The Hall–Kier alpha value is -2.50. The SMILES string of the molecule is O=C1NC2(CCCCC2)C(=O)N1Cc1cc(F)cc2cccnc12. The van der Waals surface area contributed by atoms with E-state index in [1.807, 2.05) is 0 Å². The monoisotopic (exact) mass is 327 g/mol. The molecular formula is C18H18FN3O2. The van der Waals surface area contributed by atoms with Gasteiger partial charge in [-0.1, -0.05) is 25.3 Å². The van der Waals surface area contributed by atoms with E-state index in [9.17, 15) is 14.0 Å². The summed E-state index contributed by atoms with van der Waals surface area (Å²) in [6, 6.07) is 5.86. The Morgan fingerprint density at radius 2 is 2.00 bits per heavy atom. The zero-order chi connectivity index (χ0) is 16.7. The lowest BCUT2D eigenvalue weighted by atomic mass is 9.82. The number of amides is 3. The van der Waals surface area contributed by atoms with Crippen molar-refractivity contribution in [3.63, 3.8) is 0 Å². The molecule has 5 nitrogen and oxygen atoms in total. The summed E-state index contributed by atoms with van der Waals surface area (Å²) in [4.78, 5) is 30.7. The van der Waals surface area contributed by atoms with Crippen LogP contribution in [0.2, 0.25) is 0 Å². The summed E-state index contributed by atoms with van der Waals surface area (Å²) in [6.45, 7) is 0.0394. The van der Waals surface area contributed by atoms with Crippen LogP contribution >= 0.6 is 0 Å². The van der Waals surface area contributed by atoms with Crippen LogP contribution in [0.5, 0.6) is 0 Å². The van der Waals surface area contributed by atoms with E-state index in [0.29, 0.717) is 29.3 Å². The van der Waals surface area contributed by atoms with Gasteiger partial charge >= 0.3 is 6.03 Å². The number of hydrogen-bond acceptors (Lipinski definition) is 3. The minimum atomic E-state index is -0.758. The van der Waals surface area contributed by atoms with Crippen molar-refractivity contribution in [1.82, 2.24) is 15.2 Å². The van der Waals surface area contributed by atoms with Crippen LogP contribution in [0.1, 0.15) is 37.7 Å². The summed E-state index contributed by atoms with van der Waals surface area (Å²) in [5.41, 5.74) is 0.400. The van der Waals surface area contributed by atoms with Gasteiger partial charge in [-0.05, 0) is 31.0 Å². The molecule has 0 bridgehead atoms. The maximum absolute atomic E-state index is 13.9. The topological polar surface area (TPSA) is 62.3 Å². The fourth-order valence-electron chi connectivity index (χ4n) is 3.83. The number of fused-ring (bicyclic) bond motifs is 1. The second-order valence-electron chi connectivity index (χ2n) is 6.60. The molecule has 0 atom stereocenters. The van der Waals surface area contributed by atoms with Gasteiger partial charge in [0, 0.05) is 17.1 Å². The number of hydrogen-bond donors (Lipinski definition) is 1. The summed E-state index contributed by atoms with van der Waals surface area (Å²) in [6.07, 6.45) is 5.93. The van der Waals surface area contributed by atoms with Crippen LogP contribution in [-0.2, 0) is 11.3 Å². The number of pyridine rings is 1. The van der Waals surface area contributed by atoms with Crippen LogP contribution in [0.15, 0.2) is 30.5 Å². The van der Waals surface area contributed by atoms with Gasteiger partial charge < -0.3 is 5.32 Å². The van der Waals surface area contributed by atoms with Gasteiger partial charge in [-0.3, -0.25) is 14.7 Å². The van der Waals surface area contributed by atoms with Crippen LogP contribution in [-0.4, -0.2) is 27.4 Å². The molecule has 2 fully saturated rings. The van der Waals surface area contributed by atoms with Gasteiger partial charge in [0.1, 0.15) is 11.4 Å². The standard InChI is InChI=1S/C18H18FN3O2/c19-14-9-12-5-4-8-20-15(12)13(10-14)11-22-16(23)18(21-17(22)24)6-2-1-3-7-18/h4-5,8-10H,1-3,6-7,11H2,(H,21,24). The van der Waals surface area contributed by atoms with Crippen molar-refractivity contribution < 1.29 is 14.0 Å². The Morgan fingerprint density at radius 1 is 1.21 bits per heavy atom. The Morgan fingerprint density at radius 3 is 2.79 bits per heavy atom. The van der Waals surface area contributed by atoms with Crippen molar-refractivity contribution in [1.29, 1.82) is 0 Å². The average molecular weight is 327 g/mol. The molecule has 6 heteroatoms. The number of imide groups is 1. The van der Waals surface area contributed by atoms with E-state index >= 15 is 0 Å². The van der Waals surface area contributed by atoms with Gasteiger partial charge in [-0.15, -0.1) is 0 Å². The third-order valence-electron chi connectivity index (χ3n) is 5.03. The number of carbonyl (C=O) groups is 2. The predicted octanol–water partition coefficient (Wildman–Crippen LogP) is 3.13. The van der Waals surface area contributed by atoms with E-state index in [-0.39, 0.29) is 12.5 Å². The van der Waals surface area contributed by atoms with Gasteiger partial charge in [0.15, 0.2) is 0 Å². The molecule has 1 spiro atoms. The van der Waals surface area contributed by atoms with Crippen molar-refractivity contribution in [2.75, 3.05) is 0 Å². The van der Waals surface area contributed by atoms with E-state index < -0.39 is 17.4 Å². The van der Waals surface area contributed by atoms with Crippen molar-refractivity contribution in [3.05, 3.63) is 41.8 Å². The van der Waals surface area contributed by atoms with Crippen molar-refractivity contribution in [2.24, 2.45) is 0 Å². The highest BCUT2D eigenvalue weighted by Crippen LogP contribution is 2.34. The molecule has 1 saturated carbocycles. The third kappa shape index (κ3) is 2.33. The van der Waals surface area contributed by atoms with E-state index in [1.54, 1.807) is 18.3 Å². The van der Waals surface area contributed by atoms with Crippen LogP contribution < -0.4 is 5.32 Å². The molecule has 24 heavy (non-hydrogen) atoms. The second-order valence-corrected chi connectivity index (χ2v) is 6.60. The molecular weight excluding hydrogens is 309 g/mol. The van der Waals surface area contributed by atoms with Gasteiger partial charge in [0.05, 0.1) is 12.1 Å². The van der Waals surface area contributed by atoms with Crippen molar-refractivity contribution >= 4 is 22.8 Å². The molecule has 1 aromatic heterocycles. The fraction of sp³-hybridized carbons (Fsp3) is 0.389. The molecule has 124 valence electrons. The summed E-state index contributed by atoms with van der Waals surface area (Å²) in [5, 5.41) is 3.53. The van der Waals surface area contributed by atoms with Crippen molar-refractivity contribution in [3.8, 4) is 0 Å². The zero-order valence-electron chi connectivity index (χ0n) is 13.2. The highest BCUT2D eigenvalue weighted by atomic mass is 19.1. The molecule has 0 unspecified atom stereocenters. The number of halogens is 1. The molecule has 2 heterocycles. The molecule has 0 radical (unpaired) electrons. The largest absolute Gasteiger partial charge is 0.325 e. The molecule has 1 aliphatic carbocycles. The van der Waals surface area contributed by atoms with Gasteiger partial charge in [-0.25, -0.2) is 9.18 Å². The molecule has 4 rings (SSSR count). The first-order valence-corrected chi connectivity index (χ1v) is 8.26. The highest BCUT2D eigenvalue weighted by molar-refractivity contribution is 6.07. The summed E-state index contributed by atoms with van der Waals surface area (Å²) in [5.74, 6) is -0.592. The molecule has 1 N–H and O–H groups in total. The number of carbonyl (C=O) groups excluding carboxylic acids is 2. The fourth-order valence-corrected chi connectivity index (χ4v) is 3.83. The quantitative estimate of drug-likeness (QED) is 0.862. The highest BCUT2D eigenvalue weighted by Gasteiger charge is 2.51. The number of rotatable bonds is 2. The minimum Gasteiger partial charge on any atom is -0.323 e. The summed E-state index contributed by atoms with van der Waals surface area (Å²) >= 11 is 0. The van der Waals surface area contributed by atoms with Crippen LogP contribution in [0, 0.1) is 5.82 Å². The Labute approximate surface area is 138 Å². The predicted molar refractivity (Wildman–Crippen MR) is 86.6 cm³/mol. The zero-order valence-corrected chi connectivity index (χ0v) is 13.2. The number of benzene rings is 1. The lowest BCUT2D eigenvalue weighted by molar-refractivity contribution is -0.132.